The van der Waals surface area contributed by atoms with Crippen molar-refractivity contribution in [1.82, 2.24) is 0 Å². The molecule has 0 bridgehead atoms. The number of aliphatic carboxylic acids is 3. The molecule has 0 spiro atoms. The quantitative estimate of drug-likeness (QED) is 0.322. The SMILES string of the molecule is CC(=O)O.CC(=O)O.CC(=O)O.[OH][AlH][OH]. The van der Waals surface area contributed by atoms with Crippen LogP contribution in [-0.4, -0.2) is 57.4 Å². The number of rotatable bonds is 0. The fourth-order valence-electron chi connectivity index (χ4n) is 0. The zero-order chi connectivity index (χ0) is 13.4. The summed E-state index contributed by atoms with van der Waals surface area (Å²) >= 11 is -1.58. The predicted molar refractivity (Wildman–Crippen MR) is 51.5 cm³/mol. The van der Waals surface area contributed by atoms with E-state index in [0.717, 1.165) is 20.8 Å². The fourth-order valence-corrected chi connectivity index (χ4v) is 0. The van der Waals surface area contributed by atoms with Crippen LogP contribution in [0.3, 0.4) is 0 Å². The van der Waals surface area contributed by atoms with Crippen LogP contribution >= 0.6 is 0 Å². The average Bonchev–Trinajstić information content (AvgIpc) is 1.81. The minimum absolute atomic E-state index is 0.833. The fraction of sp³-hybridized carbons (Fsp3) is 0.500. The van der Waals surface area contributed by atoms with E-state index in [9.17, 15) is 0 Å². The molecular formula is C6H15AlO8. The monoisotopic (exact) mass is 242 g/mol. The van der Waals surface area contributed by atoms with Crippen molar-refractivity contribution >= 4 is 33.8 Å². The number of hydrogen-bond acceptors (Lipinski definition) is 5. The van der Waals surface area contributed by atoms with Crippen molar-refractivity contribution in [2.75, 3.05) is 0 Å². The van der Waals surface area contributed by atoms with Crippen molar-refractivity contribution in [3.8, 4) is 0 Å². The van der Waals surface area contributed by atoms with Gasteiger partial charge in [0, 0.05) is 20.8 Å². The third kappa shape index (κ3) is 1170. The van der Waals surface area contributed by atoms with Gasteiger partial charge in [0.25, 0.3) is 17.9 Å². The molecule has 0 aromatic rings. The molecule has 0 radical (unpaired) electrons. The van der Waals surface area contributed by atoms with E-state index in [1.807, 2.05) is 0 Å². The lowest BCUT2D eigenvalue weighted by Gasteiger charge is -1.59. The predicted octanol–water partition coefficient (Wildman–Crippen LogP) is -1.49. The molecule has 0 aliphatic rings. The van der Waals surface area contributed by atoms with Gasteiger partial charge in [-0.3, -0.25) is 14.4 Å². The van der Waals surface area contributed by atoms with Crippen LogP contribution in [0.5, 0.6) is 0 Å². The van der Waals surface area contributed by atoms with E-state index in [4.69, 9.17) is 38.0 Å². The summed E-state index contributed by atoms with van der Waals surface area (Å²) < 4.78 is 14.5. The highest BCUT2D eigenvalue weighted by Crippen LogP contribution is 1.42. The molecule has 0 aliphatic heterocycles. The van der Waals surface area contributed by atoms with Crippen LogP contribution in [-0.2, 0) is 14.4 Å². The maximum Gasteiger partial charge on any atom is 0.644 e. The molecule has 9 heteroatoms. The molecule has 15 heavy (non-hydrogen) atoms. The summed E-state index contributed by atoms with van der Waals surface area (Å²) in [4.78, 5) is 27.0. The minimum Gasteiger partial charge on any atom is -0.496 e. The van der Waals surface area contributed by atoms with E-state index in [2.05, 4.69) is 0 Å². The molecule has 0 aromatic heterocycles. The third-order valence-electron chi connectivity index (χ3n) is 0. The number of hydrogen-bond donors (Lipinski definition) is 5. The summed E-state index contributed by atoms with van der Waals surface area (Å²) in [7, 11) is 0. The lowest BCUT2D eigenvalue weighted by molar-refractivity contribution is -0.135. The molecule has 8 nitrogen and oxygen atoms in total. The summed E-state index contributed by atoms with van der Waals surface area (Å²) in [5.74, 6) is -2.50. The first-order chi connectivity index (χ1) is 6.61. The van der Waals surface area contributed by atoms with Crippen LogP contribution in [0, 0.1) is 0 Å². The maximum absolute atomic E-state index is 9.00. The van der Waals surface area contributed by atoms with Gasteiger partial charge < -0.3 is 23.6 Å². The molecule has 0 amide bonds. The summed E-state index contributed by atoms with van der Waals surface area (Å²) in [6.07, 6.45) is 0. The Morgan fingerprint density at radius 2 is 0.733 bits per heavy atom. The van der Waals surface area contributed by atoms with Crippen molar-refractivity contribution in [1.29, 1.82) is 0 Å². The van der Waals surface area contributed by atoms with Crippen LogP contribution < -0.4 is 0 Å². The van der Waals surface area contributed by atoms with Crippen LogP contribution in [0.1, 0.15) is 20.8 Å². The van der Waals surface area contributed by atoms with Crippen molar-refractivity contribution in [3.63, 3.8) is 0 Å². The van der Waals surface area contributed by atoms with E-state index in [0.29, 0.717) is 0 Å². The van der Waals surface area contributed by atoms with Crippen LogP contribution in [0.25, 0.3) is 0 Å². The van der Waals surface area contributed by atoms with Gasteiger partial charge in [-0.2, -0.15) is 0 Å². The molecule has 0 heterocycles. The van der Waals surface area contributed by atoms with E-state index in [1.54, 1.807) is 0 Å². The lowest BCUT2D eigenvalue weighted by atomic mass is 10.9. The molecule has 0 saturated heterocycles. The topological polar surface area (TPSA) is 152 Å². The Hall–Kier alpha value is -1.14. The molecule has 0 aromatic carbocycles. The maximum atomic E-state index is 9.00. The number of carboxylic acids is 3. The van der Waals surface area contributed by atoms with Gasteiger partial charge >= 0.3 is 15.9 Å². The van der Waals surface area contributed by atoms with E-state index < -0.39 is 33.8 Å². The van der Waals surface area contributed by atoms with E-state index in [-0.39, 0.29) is 0 Å². The molecule has 0 fully saturated rings. The van der Waals surface area contributed by atoms with Gasteiger partial charge in [-0.05, 0) is 0 Å². The Morgan fingerprint density at radius 1 is 0.733 bits per heavy atom. The van der Waals surface area contributed by atoms with Crippen LogP contribution in [0.15, 0.2) is 0 Å². The first kappa shape index (κ1) is 23.6. The second-order valence-electron chi connectivity index (χ2n) is 1.70. The molecule has 0 saturated carbocycles. The highest BCUT2D eigenvalue weighted by Gasteiger charge is 1.66. The molecule has 0 aliphatic carbocycles. The molecule has 0 rings (SSSR count). The van der Waals surface area contributed by atoms with Crippen molar-refractivity contribution in [3.05, 3.63) is 0 Å². The van der Waals surface area contributed by atoms with Gasteiger partial charge in [-0.25, -0.2) is 0 Å². The van der Waals surface area contributed by atoms with Gasteiger partial charge in [0.05, 0.1) is 0 Å². The summed E-state index contributed by atoms with van der Waals surface area (Å²) in [6.45, 7) is 3.25. The Bertz CT molecular complexity index is 128. The van der Waals surface area contributed by atoms with Crippen LogP contribution in [0.2, 0.25) is 0 Å². The van der Waals surface area contributed by atoms with Gasteiger partial charge in [-0.1, -0.05) is 0 Å². The lowest BCUT2D eigenvalue weighted by Crippen LogP contribution is -1.78. The van der Waals surface area contributed by atoms with Gasteiger partial charge in [0.2, 0.25) is 0 Å². The number of carboxylic acid groups (broad SMARTS) is 3. The Balaban J connectivity index is -0.0000000542. The molecule has 5 N–H and O–H groups in total. The number of carbonyl (C=O) groups is 3. The normalized spacial score (nSPS) is 5.93. The van der Waals surface area contributed by atoms with Crippen molar-refractivity contribution < 1.29 is 38.0 Å². The first-order valence-corrected chi connectivity index (χ1v) is 4.68. The highest BCUT2D eigenvalue weighted by molar-refractivity contribution is 6.13. The van der Waals surface area contributed by atoms with E-state index in [1.165, 1.54) is 0 Å². The van der Waals surface area contributed by atoms with Crippen molar-refractivity contribution in [2.45, 2.75) is 20.8 Å². The highest BCUT2D eigenvalue weighted by atomic mass is 27.2. The summed E-state index contributed by atoms with van der Waals surface area (Å²) in [5, 5.41) is 22.2. The standard InChI is InChI=1S/3C2H4O2.Al.2H2O.H/c3*1-2(3)4;;;;/h3*1H3,(H,3,4);;2*1H2;/q;;;+2;;;/p-2. The molecular weight excluding hydrogens is 227 g/mol. The van der Waals surface area contributed by atoms with Gasteiger partial charge in [-0.15, -0.1) is 0 Å². The minimum atomic E-state index is -1.58. The summed E-state index contributed by atoms with van der Waals surface area (Å²) in [6, 6.07) is 0. The Morgan fingerprint density at radius 3 is 0.733 bits per heavy atom. The third-order valence-corrected chi connectivity index (χ3v) is 0. The van der Waals surface area contributed by atoms with E-state index >= 15 is 0 Å². The largest absolute Gasteiger partial charge is 0.644 e. The smallest absolute Gasteiger partial charge is 0.496 e. The average molecular weight is 242 g/mol. The molecule has 0 atom stereocenters. The van der Waals surface area contributed by atoms with Gasteiger partial charge in [0.15, 0.2) is 0 Å². The van der Waals surface area contributed by atoms with Crippen molar-refractivity contribution in [2.24, 2.45) is 0 Å². The second-order valence-corrected chi connectivity index (χ2v) is 1.98. The molecule has 90 valence electrons. The van der Waals surface area contributed by atoms with Crippen LogP contribution in [0.4, 0.5) is 0 Å². The Kier molecular flexibility index (Phi) is 36.2. The second kappa shape index (κ2) is 23.0. The van der Waals surface area contributed by atoms with Gasteiger partial charge in [0.1, 0.15) is 0 Å². The zero-order valence-electron chi connectivity index (χ0n) is 8.67. The first-order valence-electron chi connectivity index (χ1n) is 3.42. The zero-order valence-corrected chi connectivity index (χ0v) is 10.1. The Labute approximate surface area is 93.2 Å². The summed E-state index contributed by atoms with van der Waals surface area (Å²) in [5.41, 5.74) is 0. The molecule has 0 unspecified atom stereocenters.